The van der Waals surface area contributed by atoms with Gasteiger partial charge in [-0.2, -0.15) is 0 Å². The van der Waals surface area contributed by atoms with E-state index in [0.717, 1.165) is 17.5 Å². The number of nitrogens with one attached hydrogen (secondary N) is 1. The number of ether oxygens (including phenoxy) is 1. The van der Waals surface area contributed by atoms with Crippen LogP contribution in [0.25, 0.3) is 11.1 Å². The van der Waals surface area contributed by atoms with Crippen LogP contribution in [0.15, 0.2) is 48.5 Å². The standard InChI is InChI=1S/C18H21ClN2O2.ClH/c1-13(20)9-10-21-18(22)12-23-17-8-7-15(11-16(17)19)14-5-3-2-4-6-14;/h2-8,11,13H,9-10,12,20H2,1H3,(H,21,22);1H. The highest BCUT2D eigenvalue weighted by Gasteiger charge is 2.07. The van der Waals surface area contributed by atoms with Gasteiger partial charge in [-0.15, -0.1) is 12.4 Å². The molecule has 0 radical (unpaired) electrons. The van der Waals surface area contributed by atoms with Gasteiger partial charge in [-0.05, 0) is 36.6 Å². The van der Waals surface area contributed by atoms with Crippen molar-refractivity contribution in [3.63, 3.8) is 0 Å². The van der Waals surface area contributed by atoms with Crippen molar-refractivity contribution in [3.8, 4) is 16.9 Å². The van der Waals surface area contributed by atoms with Crippen molar-refractivity contribution in [1.29, 1.82) is 0 Å². The summed E-state index contributed by atoms with van der Waals surface area (Å²) < 4.78 is 5.47. The second kappa shape index (κ2) is 10.2. The molecule has 0 fully saturated rings. The predicted octanol–water partition coefficient (Wildman–Crippen LogP) is 3.66. The first kappa shape index (κ1) is 20.3. The molecule has 0 aliphatic heterocycles. The van der Waals surface area contributed by atoms with E-state index in [1.54, 1.807) is 6.07 Å². The lowest BCUT2D eigenvalue weighted by atomic mass is 10.1. The summed E-state index contributed by atoms with van der Waals surface area (Å²) >= 11 is 6.24. The maximum absolute atomic E-state index is 11.7. The summed E-state index contributed by atoms with van der Waals surface area (Å²) in [7, 11) is 0. The number of hydrogen-bond acceptors (Lipinski definition) is 3. The topological polar surface area (TPSA) is 64.3 Å². The summed E-state index contributed by atoms with van der Waals surface area (Å²) in [5.74, 6) is 0.308. The molecule has 4 nitrogen and oxygen atoms in total. The van der Waals surface area contributed by atoms with Gasteiger partial charge in [0.1, 0.15) is 5.75 Å². The van der Waals surface area contributed by atoms with Crippen LogP contribution in [0.4, 0.5) is 0 Å². The van der Waals surface area contributed by atoms with E-state index >= 15 is 0 Å². The van der Waals surface area contributed by atoms with Crippen LogP contribution in [0.5, 0.6) is 5.75 Å². The Balaban J connectivity index is 0.00000288. The first-order valence-corrected chi connectivity index (χ1v) is 7.94. The van der Waals surface area contributed by atoms with E-state index < -0.39 is 0 Å². The van der Waals surface area contributed by atoms with Gasteiger partial charge in [-0.1, -0.05) is 48.0 Å². The van der Waals surface area contributed by atoms with Crippen molar-refractivity contribution in [1.82, 2.24) is 5.32 Å². The molecule has 130 valence electrons. The highest BCUT2D eigenvalue weighted by atomic mass is 35.5. The van der Waals surface area contributed by atoms with Gasteiger partial charge < -0.3 is 15.8 Å². The number of hydrogen-bond donors (Lipinski definition) is 2. The van der Waals surface area contributed by atoms with Gasteiger partial charge in [0.2, 0.25) is 0 Å². The van der Waals surface area contributed by atoms with Crippen LogP contribution in [0.3, 0.4) is 0 Å². The minimum Gasteiger partial charge on any atom is -0.482 e. The van der Waals surface area contributed by atoms with Crippen molar-refractivity contribution in [2.75, 3.05) is 13.2 Å². The van der Waals surface area contributed by atoms with Crippen molar-refractivity contribution >= 4 is 29.9 Å². The molecular weight excluding hydrogens is 347 g/mol. The monoisotopic (exact) mass is 368 g/mol. The fourth-order valence-electron chi connectivity index (χ4n) is 2.06. The Morgan fingerprint density at radius 2 is 1.92 bits per heavy atom. The molecule has 0 aromatic heterocycles. The van der Waals surface area contributed by atoms with Crippen molar-refractivity contribution in [3.05, 3.63) is 53.6 Å². The van der Waals surface area contributed by atoms with E-state index in [1.807, 2.05) is 49.4 Å². The van der Waals surface area contributed by atoms with E-state index in [1.165, 1.54) is 0 Å². The lowest BCUT2D eigenvalue weighted by Gasteiger charge is -2.11. The zero-order chi connectivity index (χ0) is 16.7. The fraction of sp³-hybridized carbons (Fsp3) is 0.278. The molecule has 2 rings (SSSR count). The van der Waals surface area contributed by atoms with E-state index in [0.29, 0.717) is 17.3 Å². The molecule has 0 aliphatic rings. The Morgan fingerprint density at radius 1 is 1.21 bits per heavy atom. The van der Waals surface area contributed by atoms with Crippen LogP contribution in [0.2, 0.25) is 5.02 Å². The molecule has 2 aromatic rings. The van der Waals surface area contributed by atoms with Gasteiger partial charge in [-0.25, -0.2) is 0 Å². The molecule has 1 amide bonds. The third-order valence-corrected chi connectivity index (χ3v) is 3.61. The third-order valence-electron chi connectivity index (χ3n) is 3.32. The number of nitrogens with two attached hydrogens (primary N) is 1. The zero-order valence-electron chi connectivity index (χ0n) is 13.5. The summed E-state index contributed by atoms with van der Waals surface area (Å²) in [6.45, 7) is 2.38. The summed E-state index contributed by atoms with van der Waals surface area (Å²) in [5.41, 5.74) is 7.71. The summed E-state index contributed by atoms with van der Waals surface area (Å²) in [5, 5.41) is 3.24. The summed E-state index contributed by atoms with van der Waals surface area (Å²) in [6.07, 6.45) is 0.734. The molecule has 0 saturated carbocycles. The first-order chi connectivity index (χ1) is 11.1. The van der Waals surface area contributed by atoms with Gasteiger partial charge in [0.15, 0.2) is 6.61 Å². The minimum atomic E-state index is -0.186. The molecule has 0 heterocycles. The Labute approximate surface area is 153 Å². The van der Waals surface area contributed by atoms with Crippen molar-refractivity contribution in [2.45, 2.75) is 19.4 Å². The highest BCUT2D eigenvalue weighted by molar-refractivity contribution is 6.32. The number of carbonyl (C=O) groups is 1. The molecule has 0 bridgehead atoms. The fourth-order valence-corrected chi connectivity index (χ4v) is 2.30. The first-order valence-electron chi connectivity index (χ1n) is 7.56. The van der Waals surface area contributed by atoms with Crippen LogP contribution < -0.4 is 15.8 Å². The SMILES string of the molecule is CC(N)CCNC(=O)COc1ccc(-c2ccccc2)cc1Cl.Cl. The average molecular weight is 369 g/mol. The normalized spacial score (nSPS) is 11.3. The quantitative estimate of drug-likeness (QED) is 0.783. The molecule has 2 aromatic carbocycles. The average Bonchev–Trinajstić information content (AvgIpc) is 2.54. The van der Waals surface area contributed by atoms with Gasteiger partial charge in [0.05, 0.1) is 5.02 Å². The molecule has 0 spiro atoms. The molecule has 6 heteroatoms. The predicted molar refractivity (Wildman–Crippen MR) is 101 cm³/mol. The van der Waals surface area contributed by atoms with E-state index in [9.17, 15) is 4.79 Å². The van der Waals surface area contributed by atoms with E-state index in [2.05, 4.69) is 5.32 Å². The maximum Gasteiger partial charge on any atom is 0.257 e. The Bertz CT molecular complexity index is 649. The Kier molecular flexibility index (Phi) is 8.61. The largest absolute Gasteiger partial charge is 0.482 e. The van der Waals surface area contributed by atoms with Crippen LogP contribution >= 0.6 is 24.0 Å². The van der Waals surface area contributed by atoms with Gasteiger partial charge in [-0.3, -0.25) is 4.79 Å². The summed E-state index contributed by atoms with van der Waals surface area (Å²) in [4.78, 5) is 11.7. The summed E-state index contributed by atoms with van der Waals surface area (Å²) in [6, 6.07) is 15.5. The number of rotatable bonds is 7. The lowest BCUT2D eigenvalue weighted by Crippen LogP contribution is -2.32. The van der Waals surface area contributed by atoms with Crippen LogP contribution in [-0.2, 0) is 4.79 Å². The Morgan fingerprint density at radius 3 is 2.54 bits per heavy atom. The smallest absolute Gasteiger partial charge is 0.257 e. The zero-order valence-corrected chi connectivity index (χ0v) is 15.1. The highest BCUT2D eigenvalue weighted by Crippen LogP contribution is 2.30. The number of carbonyl (C=O) groups excluding carboxylic acids is 1. The van der Waals surface area contributed by atoms with Gasteiger partial charge >= 0.3 is 0 Å². The molecular formula is C18H22Cl2N2O2. The molecule has 1 atom stereocenters. The number of amides is 1. The molecule has 0 aliphatic carbocycles. The van der Waals surface area contributed by atoms with Crippen LogP contribution in [0, 0.1) is 0 Å². The second-order valence-electron chi connectivity index (χ2n) is 5.42. The van der Waals surface area contributed by atoms with Crippen molar-refractivity contribution in [2.24, 2.45) is 5.73 Å². The molecule has 3 N–H and O–H groups in total. The molecule has 1 unspecified atom stereocenters. The Hall–Kier alpha value is -1.75. The number of benzene rings is 2. The number of halogens is 2. The van der Waals surface area contributed by atoms with Gasteiger partial charge in [0.25, 0.3) is 5.91 Å². The third kappa shape index (κ3) is 6.40. The van der Waals surface area contributed by atoms with Gasteiger partial charge in [0, 0.05) is 12.6 Å². The van der Waals surface area contributed by atoms with E-state index in [4.69, 9.17) is 22.1 Å². The molecule has 24 heavy (non-hydrogen) atoms. The van der Waals surface area contributed by atoms with Crippen molar-refractivity contribution < 1.29 is 9.53 Å². The maximum atomic E-state index is 11.7. The van der Waals surface area contributed by atoms with E-state index in [-0.39, 0.29) is 31.0 Å². The molecule has 0 saturated heterocycles. The lowest BCUT2D eigenvalue weighted by molar-refractivity contribution is -0.123. The van der Waals surface area contributed by atoms with Crippen LogP contribution in [-0.4, -0.2) is 25.1 Å². The van der Waals surface area contributed by atoms with Crippen LogP contribution in [0.1, 0.15) is 13.3 Å². The minimum absolute atomic E-state index is 0. The second-order valence-corrected chi connectivity index (χ2v) is 5.82.